The lowest BCUT2D eigenvalue weighted by Gasteiger charge is -2.36. The van der Waals surface area contributed by atoms with Gasteiger partial charge >= 0.3 is 5.97 Å². The molecule has 4 heteroatoms. The summed E-state index contributed by atoms with van der Waals surface area (Å²) in [6.45, 7) is 9.71. The van der Waals surface area contributed by atoms with Gasteiger partial charge in [-0.1, -0.05) is 6.92 Å². The van der Waals surface area contributed by atoms with Crippen LogP contribution in [0, 0.1) is 5.92 Å². The first-order valence-corrected chi connectivity index (χ1v) is 6.64. The van der Waals surface area contributed by atoms with Crippen molar-refractivity contribution in [1.82, 2.24) is 10.2 Å². The van der Waals surface area contributed by atoms with Gasteiger partial charge in [-0.3, -0.25) is 4.79 Å². The number of nitrogens with zero attached hydrogens (tertiary/aromatic N) is 1. The lowest BCUT2D eigenvalue weighted by Crippen LogP contribution is -2.48. The van der Waals surface area contributed by atoms with E-state index in [4.69, 9.17) is 4.74 Å². The van der Waals surface area contributed by atoms with Gasteiger partial charge < -0.3 is 15.0 Å². The normalized spacial score (nSPS) is 25.3. The van der Waals surface area contributed by atoms with Gasteiger partial charge in [0.25, 0.3) is 0 Å². The monoisotopic (exact) mass is 242 g/mol. The van der Waals surface area contributed by atoms with Gasteiger partial charge in [0.2, 0.25) is 0 Å². The van der Waals surface area contributed by atoms with Crippen molar-refractivity contribution in [3.05, 3.63) is 0 Å². The first-order chi connectivity index (χ1) is 8.08. The quantitative estimate of drug-likeness (QED) is 0.737. The Balaban J connectivity index is 2.41. The highest BCUT2D eigenvalue weighted by molar-refractivity contribution is 5.75. The Hall–Kier alpha value is -0.610. The standard InChI is InChI=1S/C13H26N2O2/c1-5-15-8-6-7-12(9-15)10(2)14-11(3)13(16)17-4/h10-12,14H,5-9H2,1-4H3. The van der Waals surface area contributed by atoms with Gasteiger partial charge in [-0.25, -0.2) is 0 Å². The van der Waals surface area contributed by atoms with Gasteiger partial charge in [0.05, 0.1) is 7.11 Å². The molecular formula is C13H26N2O2. The summed E-state index contributed by atoms with van der Waals surface area (Å²) in [6.07, 6.45) is 2.51. The molecule has 0 aromatic rings. The van der Waals surface area contributed by atoms with Gasteiger partial charge in [0, 0.05) is 12.6 Å². The molecule has 0 saturated carbocycles. The number of likely N-dealkylation sites (tertiary alicyclic amines) is 1. The largest absolute Gasteiger partial charge is 0.468 e. The van der Waals surface area contributed by atoms with E-state index in [1.165, 1.54) is 26.5 Å². The van der Waals surface area contributed by atoms with Gasteiger partial charge in [-0.2, -0.15) is 0 Å². The molecule has 4 nitrogen and oxygen atoms in total. The first-order valence-electron chi connectivity index (χ1n) is 6.64. The van der Waals surface area contributed by atoms with Crippen molar-refractivity contribution in [1.29, 1.82) is 0 Å². The average molecular weight is 242 g/mol. The second-order valence-electron chi connectivity index (χ2n) is 5.00. The SMILES string of the molecule is CCN1CCCC(C(C)NC(C)C(=O)OC)C1. The minimum absolute atomic E-state index is 0.181. The smallest absolute Gasteiger partial charge is 0.322 e. The van der Waals surface area contributed by atoms with Gasteiger partial charge in [-0.15, -0.1) is 0 Å². The molecule has 1 aliphatic heterocycles. The third-order valence-electron chi connectivity index (χ3n) is 3.76. The molecule has 1 heterocycles. The van der Waals surface area contributed by atoms with Crippen LogP contribution in [-0.2, 0) is 9.53 Å². The van der Waals surface area contributed by atoms with E-state index in [0.29, 0.717) is 12.0 Å². The fraction of sp³-hybridized carbons (Fsp3) is 0.923. The van der Waals surface area contributed by atoms with Crippen molar-refractivity contribution in [2.45, 2.75) is 45.7 Å². The van der Waals surface area contributed by atoms with E-state index in [2.05, 4.69) is 24.1 Å². The van der Waals surface area contributed by atoms with Crippen LogP contribution in [0.3, 0.4) is 0 Å². The topological polar surface area (TPSA) is 41.6 Å². The zero-order valence-electron chi connectivity index (χ0n) is 11.5. The summed E-state index contributed by atoms with van der Waals surface area (Å²) in [6, 6.07) is 0.144. The molecule has 100 valence electrons. The molecule has 0 aromatic carbocycles. The van der Waals surface area contributed by atoms with Crippen LogP contribution >= 0.6 is 0 Å². The number of carbonyl (C=O) groups is 1. The number of piperidine rings is 1. The second kappa shape index (κ2) is 6.97. The van der Waals surface area contributed by atoms with Crippen molar-refractivity contribution in [2.24, 2.45) is 5.92 Å². The molecule has 1 N–H and O–H groups in total. The number of esters is 1. The van der Waals surface area contributed by atoms with Crippen LogP contribution in [0.4, 0.5) is 0 Å². The Morgan fingerprint density at radius 1 is 1.53 bits per heavy atom. The highest BCUT2D eigenvalue weighted by Gasteiger charge is 2.26. The van der Waals surface area contributed by atoms with Crippen molar-refractivity contribution >= 4 is 5.97 Å². The maximum atomic E-state index is 11.4. The van der Waals surface area contributed by atoms with Crippen molar-refractivity contribution in [3.63, 3.8) is 0 Å². The molecule has 0 aromatic heterocycles. The molecule has 0 amide bonds. The van der Waals surface area contributed by atoms with E-state index >= 15 is 0 Å². The van der Waals surface area contributed by atoms with E-state index in [1.54, 1.807) is 0 Å². The summed E-state index contributed by atoms with van der Waals surface area (Å²) >= 11 is 0. The minimum atomic E-state index is -0.216. The van der Waals surface area contributed by atoms with Gasteiger partial charge in [-0.05, 0) is 45.7 Å². The van der Waals surface area contributed by atoms with Crippen LogP contribution in [0.25, 0.3) is 0 Å². The predicted octanol–water partition coefficient (Wildman–Crippen LogP) is 1.26. The summed E-state index contributed by atoms with van der Waals surface area (Å²) < 4.78 is 4.73. The number of hydrogen-bond acceptors (Lipinski definition) is 4. The number of methoxy groups -OCH3 is 1. The number of rotatable bonds is 5. The van der Waals surface area contributed by atoms with E-state index in [-0.39, 0.29) is 12.0 Å². The number of nitrogens with one attached hydrogen (secondary N) is 1. The Morgan fingerprint density at radius 2 is 2.24 bits per heavy atom. The highest BCUT2D eigenvalue weighted by Crippen LogP contribution is 2.19. The van der Waals surface area contributed by atoms with Crippen LogP contribution in [0.1, 0.15) is 33.6 Å². The predicted molar refractivity (Wildman–Crippen MR) is 68.9 cm³/mol. The number of carbonyl (C=O) groups excluding carboxylic acids is 1. The summed E-state index contributed by atoms with van der Waals surface area (Å²) in [7, 11) is 1.44. The maximum absolute atomic E-state index is 11.4. The van der Waals surface area contributed by atoms with Crippen LogP contribution in [0.15, 0.2) is 0 Å². The van der Waals surface area contributed by atoms with Crippen LogP contribution in [-0.4, -0.2) is 49.7 Å². The lowest BCUT2D eigenvalue weighted by molar-refractivity contribution is -0.143. The first kappa shape index (κ1) is 14.5. The van der Waals surface area contributed by atoms with Gasteiger partial charge in [0.15, 0.2) is 0 Å². The molecule has 3 unspecified atom stereocenters. The Bertz CT molecular complexity index is 246. The summed E-state index contributed by atoms with van der Waals surface area (Å²) in [5.41, 5.74) is 0. The van der Waals surface area contributed by atoms with Crippen LogP contribution in [0.5, 0.6) is 0 Å². The maximum Gasteiger partial charge on any atom is 0.322 e. The number of ether oxygens (including phenoxy) is 1. The fourth-order valence-electron chi connectivity index (χ4n) is 2.56. The molecule has 1 aliphatic rings. The zero-order chi connectivity index (χ0) is 12.8. The Kier molecular flexibility index (Phi) is 5.92. The minimum Gasteiger partial charge on any atom is -0.468 e. The van der Waals surface area contributed by atoms with Crippen LogP contribution in [0.2, 0.25) is 0 Å². The molecule has 0 aliphatic carbocycles. The van der Waals surface area contributed by atoms with Crippen molar-refractivity contribution in [2.75, 3.05) is 26.7 Å². The lowest BCUT2D eigenvalue weighted by atomic mass is 9.91. The molecule has 0 radical (unpaired) electrons. The average Bonchev–Trinajstić information content (AvgIpc) is 2.37. The van der Waals surface area contributed by atoms with E-state index < -0.39 is 0 Å². The third kappa shape index (κ3) is 4.28. The molecule has 1 rings (SSSR count). The molecule has 0 bridgehead atoms. The summed E-state index contributed by atoms with van der Waals surface area (Å²) in [5.74, 6) is 0.454. The van der Waals surface area contributed by atoms with E-state index in [9.17, 15) is 4.79 Å². The summed E-state index contributed by atoms with van der Waals surface area (Å²) in [5, 5.41) is 3.34. The third-order valence-corrected chi connectivity index (χ3v) is 3.76. The molecule has 1 saturated heterocycles. The highest BCUT2D eigenvalue weighted by atomic mass is 16.5. The van der Waals surface area contributed by atoms with Gasteiger partial charge in [0.1, 0.15) is 6.04 Å². The van der Waals surface area contributed by atoms with E-state index in [0.717, 1.165) is 13.1 Å². The fourth-order valence-corrected chi connectivity index (χ4v) is 2.56. The number of hydrogen-bond donors (Lipinski definition) is 1. The summed E-state index contributed by atoms with van der Waals surface area (Å²) in [4.78, 5) is 13.8. The van der Waals surface area contributed by atoms with Crippen LogP contribution < -0.4 is 5.32 Å². The van der Waals surface area contributed by atoms with Crippen molar-refractivity contribution < 1.29 is 9.53 Å². The molecule has 1 fully saturated rings. The Morgan fingerprint density at radius 3 is 2.82 bits per heavy atom. The Labute approximate surface area is 105 Å². The van der Waals surface area contributed by atoms with Crippen molar-refractivity contribution in [3.8, 4) is 0 Å². The molecule has 0 spiro atoms. The molecular weight excluding hydrogens is 216 g/mol. The van der Waals surface area contributed by atoms with E-state index in [1.807, 2.05) is 6.92 Å². The molecule has 3 atom stereocenters. The second-order valence-corrected chi connectivity index (χ2v) is 5.00. The zero-order valence-corrected chi connectivity index (χ0v) is 11.5. The molecule has 17 heavy (non-hydrogen) atoms.